The topological polar surface area (TPSA) is 26.2 Å². The number of nitrogens with zero attached hydrogens (tertiary/aromatic N) is 6. The van der Waals surface area contributed by atoms with E-state index in [1.807, 2.05) is 0 Å². The monoisotopic (exact) mass is 516 g/mol. The Morgan fingerprint density at radius 1 is 0.289 bits per heavy atom. The maximum Gasteiger partial charge on any atom is 0.0231 e. The first-order valence-electron chi connectivity index (χ1n) is 14.7. The van der Waals surface area contributed by atoms with Crippen LogP contribution in [0.2, 0.25) is 0 Å². The number of hydrogen-bond acceptors (Lipinski definition) is 2. The number of hydrogen-bond donors (Lipinski definition) is 0. The normalized spacial score (nSPS) is 11.7. The third kappa shape index (κ3) is 10.8. The Balaban J connectivity index is 1.18. The van der Waals surface area contributed by atoms with Crippen LogP contribution in [0.15, 0.2) is 98.1 Å². The average molecular weight is 517 g/mol. The fraction of sp³-hybridized carbons (Fsp3) is 0.500. The Kier molecular flexibility index (Phi) is 12.4. The Hall–Kier alpha value is -2.96. The van der Waals surface area contributed by atoms with Crippen LogP contribution in [0, 0.1) is 0 Å². The Labute approximate surface area is 230 Å². The molecule has 0 fully saturated rings. The standard InChI is InChI=1S/C32H48N6/c1-2-16-33(15-1)25-11-29-37(30-12-26-34-17-3-4-18-34)23-9-10-24-38(31-13-27-35-19-5-6-20-35)32-14-28-36-21-7-8-22-36/h1-8,15-22H,9-14,23-32H2. The predicted octanol–water partition coefficient (Wildman–Crippen LogP) is 5.94. The van der Waals surface area contributed by atoms with Gasteiger partial charge in [-0.15, -0.1) is 0 Å². The lowest BCUT2D eigenvalue weighted by Gasteiger charge is -2.25. The van der Waals surface area contributed by atoms with E-state index in [-0.39, 0.29) is 0 Å². The minimum atomic E-state index is 1.11. The van der Waals surface area contributed by atoms with Crippen molar-refractivity contribution in [2.75, 3.05) is 39.3 Å². The van der Waals surface area contributed by atoms with Gasteiger partial charge in [-0.2, -0.15) is 0 Å². The summed E-state index contributed by atoms with van der Waals surface area (Å²) in [6.45, 7) is 11.6. The number of aryl methyl sites for hydroxylation is 4. The van der Waals surface area contributed by atoms with E-state index >= 15 is 0 Å². The molecule has 0 aliphatic carbocycles. The zero-order valence-electron chi connectivity index (χ0n) is 23.2. The van der Waals surface area contributed by atoms with E-state index in [9.17, 15) is 0 Å². The molecule has 38 heavy (non-hydrogen) atoms. The Morgan fingerprint density at radius 2 is 0.500 bits per heavy atom. The van der Waals surface area contributed by atoms with Gasteiger partial charge < -0.3 is 28.1 Å². The molecule has 6 heteroatoms. The van der Waals surface area contributed by atoms with Crippen LogP contribution in [-0.4, -0.2) is 67.3 Å². The smallest absolute Gasteiger partial charge is 0.0231 e. The summed E-state index contributed by atoms with van der Waals surface area (Å²) < 4.78 is 9.21. The first-order chi connectivity index (χ1) is 18.8. The first-order valence-corrected chi connectivity index (χ1v) is 14.7. The van der Waals surface area contributed by atoms with Crippen LogP contribution >= 0.6 is 0 Å². The second-order valence-electron chi connectivity index (χ2n) is 10.5. The highest BCUT2D eigenvalue weighted by molar-refractivity contribution is 4.92. The van der Waals surface area contributed by atoms with Crippen molar-refractivity contribution in [3.63, 3.8) is 0 Å². The summed E-state index contributed by atoms with van der Waals surface area (Å²) in [5.74, 6) is 0. The van der Waals surface area contributed by atoms with Crippen LogP contribution in [0.5, 0.6) is 0 Å². The van der Waals surface area contributed by atoms with Crippen LogP contribution in [0.25, 0.3) is 0 Å². The number of unbranched alkanes of at least 4 members (excludes halogenated alkanes) is 1. The molecule has 4 aromatic heterocycles. The van der Waals surface area contributed by atoms with Crippen molar-refractivity contribution in [2.45, 2.75) is 64.7 Å². The zero-order chi connectivity index (χ0) is 26.1. The van der Waals surface area contributed by atoms with Gasteiger partial charge in [0, 0.05) is 75.8 Å². The van der Waals surface area contributed by atoms with Gasteiger partial charge in [0.2, 0.25) is 0 Å². The van der Waals surface area contributed by atoms with Crippen molar-refractivity contribution in [3.8, 4) is 0 Å². The maximum atomic E-state index is 2.70. The van der Waals surface area contributed by atoms with Crippen molar-refractivity contribution >= 4 is 0 Å². The lowest BCUT2D eigenvalue weighted by molar-refractivity contribution is 0.227. The number of rotatable bonds is 21. The largest absolute Gasteiger partial charge is 0.354 e. The second kappa shape index (κ2) is 16.8. The zero-order valence-corrected chi connectivity index (χ0v) is 23.2. The Morgan fingerprint density at radius 3 is 0.737 bits per heavy atom. The van der Waals surface area contributed by atoms with Crippen LogP contribution < -0.4 is 0 Å². The van der Waals surface area contributed by atoms with Crippen molar-refractivity contribution in [2.24, 2.45) is 0 Å². The lowest BCUT2D eigenvalue weighted by Crippen LogP contribution is -2.31. The first kappa shape index (κ1) is 28.1. The molecular formula is C32H48N6. The summed E-state index contributed by atoms with van der Waals surface area (Å²) >= 11 is 0. The van der Waals surface area contributed by atoms with Gasteiger partial charge >= 0.3 is 0 Å². The molecular weight excluding hydrogens is 468 g/mol. The van der Waals surface area contributed by atoms with Gasteiger partial charge in [0.25, 0.3) is 0 Å². The van der Waals surface area contributed by atoms with Gasteiger partial charge in [0.1, 0.15) is 0 Å². The van der Waals surface area contributed by atoms with Gasteiger partial charge in [0.05, 0.1) is 0 Å². The molecule has 0 atom stereocenters. The van der Waals surface area contributed by atoms with Gasteiger partial charge in [-0.3, -0.25) is 0 Å². The molecule has 0 spiro atoms. The molecule has 206 valence electrons. The summed E-state index contributed by atoms with van der Waals surface area (Å²) in [5, 5.41) is 0. The molecule has 0 aliphatic rings. The predicted molar refractivity (Wildman–Crippen MR) is 158 cm³/mol. The minimum Gasteiger partial charge on any atom is -0.354 e. The molecule has 4 heterocycles. The molecule has 4 aromatic rings. The van der Waals surface area contributed by atoms with Crippen molar-refractivity contribution < 1.29 is 0 Å². The highest BCUT2D eigenvalue weighted by atomic mass is 15.1. The SMILES string of the molecule is c1ccn(CCCN(CCCCN(CCCn2cccc2)CCCn2cccc2)CCCn2cccc2)c1. The summed E-state index contributed by atoms with van der Waals surface area (Å²) in [6.07, 6.45) is 24.8. The lowest BCUT2D eigenvalue weighted by atomic mass is 10.2. The summed E-state index contributed by atoms with van der Waals surface area (Å²) in [6, 6.07) is 17.0. The highest BCUT2D eigenvalue weighted by Crippen LogP contribution is 2.06. The van der Waals surface area contributed by atoms with Crippen LogP contribution in [-0.2, 0) is 26.2 Å². The maximum absolute atomic E-state index is 2.70. The molecule has 0 unspecified atom stereocenters. The van der Waals surface area contributed by atoms with Gasteiger partial charge in [-0.05, 0) is 126 Å². The van der Waals surface area contributed by atoms with Crippen molar-refractivity contribution in [1.29, 1.82) is 0 Å². The molecule has 0 saturated carbocycles. The van der Waals surface area contributed by atoms with Crippen molar-refractivity contribution in [1.82, 2.24) is 28.1 Å². The number of aromatic nitrogens is 4. The second-order valence-corrected chi connectivity index (χ2v) is 10.5. The van der Waals surface area contributed by atoms with Gasteiger partial charge in [0.15, 0.2) is 0 Å². The van der Waals surface area contributed by atoms with E-state index in [1.54, 1.807) is 0 Å². The average Bonchev–Trinajstić information content (AvgIpc) is 3.75. The third-order valence-corrected chi connectivity index (χ3v) is 7.43. The van der Waals surface area contributed by atoms with E-state index in [1.165, 1.54) is 77.8 Å². The van der Waals surface area contributed by atoms with Crippen LogP contribution in [0.4, 0.5) is 0 Å². The van der Waals surface area contributed by atoms with Gasteiger partial charge in [-0.1, -0.05) is 0 Å². The Bertz CT molecular complexity index is 867. The fourth-order valence-electron chi connectivity index (χ4n) is 5.33. The third-order valence-electron chi connectivity index (χ3n) is 7.43. The molecule has 0 N–H and O–H groups in total. The van der Waals surface area contributed by atoms with Crippen molar-refractivity contribution in [3.05, 3.63) is 98.1 Å². The van der Waals surface area contributed by atoms with Crippen LogP contribution in [0.1, 0.15) is 38.5 Å². The molecule has 0 aromatic carbocycles. The molecule has 0 saturated heterocycles. The molecule has 0 amide bonds. The van der Waals surface area contributed by atoms with E-state index in [4.69, 9.17) is 0 Å². The summed E-state index contributed by atoms with van der Waals surface area (Å²) in [4.78, 5) is 5.41. The molecule has 4 rings (SSSR count). The van der Waals surface area contributed by atoms with E-state index in [2.05, 4.69) is 126 Å². The van der Waals surface area contributed by atoms with E-state index in [0.29, 0.717) is 0 Å². The molecule has 0 aliphatic heterocycles. The fourth-order valence-corrected chi connectivity index (χ4v) is 5.33. The minimum absolute atomic E-state index is 1.11. The summed E-state index contributed by atoms with van der Waals surface area (Å²) in [7, 11) is 0. The highest BCUT2D eigenvalue weighted by Gasteiger charge is 2.08. The van der Waals surface area contributed by atoms with E-state index < -0.39 is 0 Å². The van der Waals surface area contributed by atoms with Gasteiger partial charge in [-0.25, -0.2) is 0 Å². The molecule has 0 radical (unpaired) electrons. The molecule has 0 bridgehead atoms. The quantitative estimate of drug-likeness (QED) is 0.128. The van der Waals surface area contributed by atoms with E-state index in [0.717, 1.165) is 26.2 Å². The summed E-state index contributed by atoms with van der Waals surface area (Å²) in [5.41, 5.74) is 0. The van der Waals surface area contributed by atoms with Crippen LogP contribution in [0.3, 0.4) is 0 Å². The molecule has 6 nitrogen and oxygen atoms in total.